The van der Waals surface area contributed by atoms with Crippen molar-refractivity contribution in [3.63, 3.8) is 0 Å². The van der Waals surface area contributed by atoms with Crippen LogP contribution in [-0.2, 0) is 14.8 Å². The van der Waals surface area contributed by atoms with E-state index in [4.69, 9.17) is 4.52 Å². The first-order valence-corrected chi connectivity index (χ1v) is 10.6. The Hall–Kier alpha value is -2.19. The smallest absolute Gasteiger partial charge is 0.245 e. The molecule has 2 aromatic rings. The number of hydrogen-bond acceptors (Lipinski definition) is 5. The molecule has 1 aliphatic heterocycles. The number of sulfonamides is 1. The van der Waals surface area contributed by atoms with Gasteiger partial charge in [0, 0.05) is 18.7 Å². The van der Waals surface area contributed by atoms with Crippen molar-refractivity contribution in [3.05, 3.63) is 41.3 Å². The number of amides is 1. The molecule has 1 saturated heterocycles. The zero-order valence-corrected chi connectivity index (χ0v) is 16.7. The van der Waals surface area contributed by atoms with Crippen LogP contribution in [0.25, 0.3) is 0 Å². The van der Waals surface area contributed by atoms with Crippen molar-refractivity contribution >= 4 is 21.6 Å². The van der Waals surface area contributed by atoms with E-state index in [9.17, 15) is 13.2 Å². The summed E-state index contributed by atoms with van der Waals surface area (Å²) in [5.41, 5.74) is 1.68. The first kappa shape index (κ1) is 19.6. The molecule has 0 saturated carbocycles. The minimum absolute atomic E-state index is 0.131. The molecule has 1 unspecified atom stereocenters. The van der Waals surface area contributed by atoms with Crippen molar-refractivity contribution in [1.82, 2.24) is 9.46 Å². The highest BCUT2D eigenvalue weighted by Gasteiger charge is 2.30. The molecule has 1 amide bonds. The fourth-order valence-corrected chi connectivity index (χ4v) is 5.18. The molecule has 3 rings (SSSR count). The number of nitrogens with one attached hydrogen (secondary N) is 1. The lowest BCUT2D eigenvalue weighted by Gasteiger charge is -2.27. The van der Waals surface area contributed by atoms with Gasteiger partial charge in [-0.3, -0.25) is 4.79 Å². The van der Waals surface area contributed by atoms with Crippen molar-refractivity contribution in [3.8, 4) is 0 Å². The molecule has 1 aliphatic rings. The lowest BCUT2D eigenvalue weighted by Crippen LogP contribution is -2.36. The Labute approximate surface area is 159 Å². The molecule has 146 valence electrons. The second kappa shape index (κ2) is 7.82. The van der Waals surface area contributed by atoms with Gasteiger partial charge in [0.15, 0.2) is 0 Å². The summed E-state index contributed by atoms with van der Waals surface area (Å²) >= 11 is 0. The fraction of sp³-hybridized carbons (Fsp3) is 0.474. The summed E-state index contributed by atoms with van der Waals surface area (Å²) in [5, 5.41) is 6.67. The molecule has 1 aromatic carbocycles. The highest BCUT2D eigenvalue weighted by Crippen LogP contribution is 2.29. The van der Waals surface area contributed by atoms with Gasteiger partial charge in [-0.05, 0) is 45.7 Å². The Morgan fingerprint density at radius 3 is 2.48 bits per heavy atom. The normalized spacial score (nSPS) is 16.9. The quantitative estimate of drug-likeness (QED) is 0.845. The lowest BCUT2D eigenvalue weighted by molar-refractivity contribution is -0.117. The number of anilines is 1. The van der Waals surface area contributed by atoms with E-state index in [1.165, 1.54) is 4.31 Å². The summed E-state index contributed by atoms with van der Waals surface area (Å²) in [4.78, 5) is 12.9. The van der Waals surface area contributed by atoms with Crippen LogP contribution < -0.4 is 5.32 Å². The minimum Gasteiger partial charge on any atom is -0.361 e. The Balaban J connectivity index is 1.87. The molecule has 0 spiro atoms. The number of nitrogens with zero attached hydrogens (tertiary/aromatic N) is 2. The third-order valence-corrected chi connectivity index (χ3v) is 6.95. The van der Waals surface area contributed by atoms with Gasteiger partial charge in [0.1, 0.15) is 10.7 Å². The Morgan fingerprint density at radius 2 is 1.85 bits per heavy atom. The van der Waals surface area contributed by atoms with Crippen molar-refractivity contribution in [2.24, 2.45) is 0 Å². The largest absolute Gasteiger partial charge is 0.361 e. The summed E-state index contributed by atoms with van der Waals surface area (Å²) in [6.45, 7) is 6.32. The summed E-state index contributed by atoms with van der Waals surface area (Å²) < 4.78 is 32.7. The Bertz CT molecular complexity index is 911. The number of hydrogen-bond donors (Lipinski definition) is 1. The molecule has 2 heterocycles. The number of benzene rings is 1. The van der Waals surface area contributed by atoms with Crippen molar-refractivity contribution in [2.75, 3.05) is 18.4 Å². The maximum absolute atomic E-state index is 13.0. The minimum atomic E-state index is -3.65. The van der Waals surface area contributed by atoms with E-state index >= 15 is 0 Å². The van der Waals surface area contributed by atoms with Crippen molar-refractivity contribution in [2.45, 2.75) is 50.8 Å². The first-order chi connectivity index (χ1) is 12.8. The van der Waals surface area contributed by atoms with Crippen LogP contribution in [0.1, 0.15) is 49.1 Å². The van der Waals surface area contributed by atoms with Gasteiger partial charge in [-0.25, -0.2) is 8.42 Å². The number of rotatable bonds is 5. The van der Waals surface area contributed by atoms with Gasteiger partial charge in [0.25, 0.3) is 0 Å². The second-order valence-electron chi connectivity index (χ2n) is 6.91. The zero-order valence-electron chi connectivity index (χ0n) is 15.9. The monoisotopic (exact) mass is 391 g/mol. The molecular formula is C19H25N3O4S. The van der Waals surface area contributed by atoms with Crippen LogP contribution in [0.4, 0.5) is 5.69 Å². The van der Waals surface area contributed by atoms with Crippen LogP contribution in [-0.4, -0.2) is 36.9 Å². The van der Waals surface area contributed by atoms with Gasteiger partial charge in [-0.1, -0.05) is 23.7 Å². The molecule has 7 nitrogen and oxygen atoms in total. The molecule has 27 heavy (non-hydrogen) atoms. The summed E-state index contributed by atoms with van der Waals surface area (Å²) in [6, 6.07) is 6.55. The summed E-state index contributed by atoms with van der Waals surface area (Å²) in [5.74, 6) is -0.225. The zero-order chi connectivity index (χ0) is 19.6. The summed E-state index contributed by atoms with van der Waals surface area (Å²) in [6.07, 6.45) is 2.76. The molecule has 1 fully saturated rings. The topological polar surface area (TPSA) is 92.5 Å². The number of aromatic nitrogens is 1. The van der Waals surface area contributed by atoms with E-state index in [1.807, 2.05) is 0 Å². The highest BCUT2D eigenvalue weighted by molar-refractivity contribution is 7.89. The maximum Gasteiger partial charge on any atom is 0.245 e. The molecule has 8 heteroatoms. The van der Waals surface area contributed by atoms with Crippen LogP contribution in [0.3, 0.4) is 0 Å². The SMILES string of the molecule is Cc1noc(C)c1C(C)C(=O)Nc1ccccc1S(=O)(=O)N1CCCCC1. The molecule has 0 aliphatic carbocycles. The summed E-state index contributed by atoms with van der Waals surface area (Å²) in [7, 11) is -3.65. The number of para-hydroxylation sites is 1. The molecule has 1 atom stereocenters. The predicted octanol–water partition coefficient (Wildman–Crippen LogP) is 3.21. The number of carbonyl (C=O) groups excluding carboxylic acids is 1. The average molecular weight is 391 g/mol. The molecular weight excluding hydrogens is 366 g/mol. The van der Waals surface area contributed by atoms with Crippen LogP contribution in [0, 0.1) is 13.8 Å². The Kier molecular flexibility index (Phi) is 5.67. The van der Waals surface area contributed by atoms with Gasteiger partial charge in [-0.2, -0.15) is 4.31 Å². The predicted molar refractivity (Wildman–Crippen MR) is 102 cm³/mol. The van der Waals surface area contributed by atoms with Crippen LogP contribution in [0.5, 0.6) is 0 Å². The van der Waals surface area contributed by atoms with Gasteiger partial charge in [0.2, 0.25) is 15.9 Å². The van der Waals surface area contributed by atoms with Gasteiger partial charge >= 0.3 is 0 Å². The standard InChI is InChI=1S/C19H25N3O4S/c1-13(18-14(2)21-26-15(18)3)19(23)20-16-9-5-6-10-17(16)27(24,25)22-11-7-4-8-12-22/h5-6,9-10,13H,4,7-8,11-12H2,1-3H3,(H,20,23). The average Bonchev–Trinajstić information content (AvgIpc) is 3.00. The second-order valence-corrected chi connectivity index (χ2v) is 8.82. The first-order valence-electron chi connectivity index (χ1n) is 9.15. The third-order valence-electron chi connectivity index (χ3n) is 4.99. The van der Waals surface area contributed by atoms with E-state index < -0.39 is 15.9 Å². The van der Waals surface area contributed by atoms with Crippen LogP contribution >= 0.6 is 0 Å². The molecule has 1 N–H and O–H groups in total. The van der Waals surface area contributed by atoms with Crippen LogP contribution in [0.15, 0.2) is 33.7 Å². The lowest BCUT2D eigenvalue weighted by atomic mass is 9.98. The van der Waals surface area contributed by atoms with Gasteiger partial charge in [-0.15, -0.1) is 0 Å². The van der Waals surface area contributed by atoms with Crippen LogP contribution in [0.2, 0.25) is 0 Å². The molecule has 0 radical (unpaired) electrons. The Morgan fingerprint density at radius 1 is 1.19 bits per heavy atom. The molecule has 0 bridgehead atoms. The third kappa shape index (κ3) is 3.91. The van der Waals surface area contributed by atoms with Gasteiger partial charge < -0.3 is 9.84 Å². The molecule has 1 aromatic heterocycles. The number of piperidine rings is 1. The van der Waals surface area contributed by atoms with Gasteiger partial charge in [0.05, 0.1) is 17.3 Å². The van der Waals surface area contributed by atoms with E-state index in [-0.39, 0.29) is 10.8 Å². The fourth-order valence-electron chi connectivity index (χ4n) is 3.52. The van der Waals surface area contributed by atoms with E-state index in [0.717, 1.165) is 24.8 Å². The van der Waals surface area contributed by atoms with E-state index in [0.29, 0.717) is 30.2 Å². The van der Waals surface area contributed by atoms with E-state index in [1.54, 1.807) is 45.0 Å². The van der Waals surface area contributed by atoms with E-state index in [2.05, 4.69) is 10.5 Å². The number of aryl methyl sites for hydroxylation is 2. The highest BCUT2D eigenvalue weighted by atomic mass is 32.2. The maximum atomic E-state index is 13.0. The van der Waals surface area contributed by atoms with Crippen molar-refractivity contribution in [1.29, 1.82) is 0 Å². The number of carbonyl (C=O) groups is 1. The van der Waals surface area contributed by atoms with Crippen molar-refractivity contribution < 1.29 is 17.7 Å².